The van der Waals surface area contributed by atoms with Crippen LogP contribution < -0.4 is 4.74 Å². The molecule has 0 bridgehead atoms. The van der Waals surface area contributed by atoms with Crippen LogP contribution >= 0.6 is 0 Å². The third kappa shape index (κ3) is 3.74. The number of aryl methyl sites for hydroxylation is 1. The number of aromatic nitrogens is 1. The van der Waals surface area contributed by atoms with Crippen LogP contribution in [-0.2, 0) is 6.61 Å². The predicted octanol–water partition coefficient (Wildman–Crippen LogP) is 5.49. The molecule has 3 rings (SSSR count). The summed E-state index contributed by atoms with van der Waals surface area (Å²) in [5, 5.41) is 9.01. The molecule has 4 heteroatoms. The van der Waals surface area contributed by atoms with Gasteiger partial charge in [0.25, 0.3) is 0 Å². The summed E-state index contributed by atoms with van der Waals surface area (Å²) in [7, 11) is 0. The van der Waals surface area contributed by atoms with Crippen molar-refractivity contribution in [1.82, 2.24) is 4.98 Å². The molecule has 1 N–H and O–H groups in total. The number of rotatable bonds is 6. The largest absolute Gasteiger partial charge is 0.486 e. The highest BCUT2D eigenvalue weighted by Gasteiger charge is 2.16. The van der Waals surface area contributed by atoms with Crippen molar-refractivity contribution in [3.8, 4) is 5.75 Å². The lowest BCUT2D eigenvalue weighted by Gasteiger charge is -2.15. The fraction of sp³-hybridized carbons (Fsp3) is 0.227. The Morgan fingerprint density at radius 3 is 2.65 bits per heavy atom. The third-order valence-electron chi connectivity index (χ3n) is 4.42. The summed E-state index contributed by atoms with van der Waals surface area (Å²) in [5.74, 6) is -0.430. The van der Waals surface area contributed by atoms with Gasteiger partial charge in [0, 0.05) is 34.3 Å². The summed E-state index contributed by atoms with van der Waals surface area (Å²) >= 11 is 0. The van der Waals surface area contributed by atoms with Crippen molar-refractivity contribution in [3.63, 3.8) is 0 Å². The Labute approximate surface area is 153 Å². The van der Waals surface area contributed by atoms with Crippen LogP contribution in [0.4, 0.5) is 4.39 Å². The zero-order valence-electron chi connectivity index (χ0n) is 15.1. The summed E-state index contributed by atoms with van der Waals surface area (Å²) < 4.78 is 20.3. The second-order valence-corrected chi connectivity index (χ2v) is 6.40. The first-order valence-electron chi connectivity index (χ1n) is 8.69. The number of pyridine rings is 1. The molecule has 0 aliphatic carbocycles. The monoisotopic (exact) mass is 349 g/mol. The smallest absolute Gasteiger partial charge is 0.165 e. The van der Waals surface area contributed by atoms with E-state index in [0.29, 0.717) is 22.2 Å². The normalized spacial score (nSPS) is 12.2. The summed E-state index contributed by atoms with van der Waals surface area (Å²) in [4.78, 5) is 4.50. The quantitative estimate of drug-likeness (QED) is 0.598. The fourth-order valence-electron chi connectivity index (χ4n) is 2.85. The van der Waals surface area contributed by atoms with E-state index in [2.05, 4.69) is 11.9 Å². The molecular weight excluding hydrogens is 327 g/mol. The second kappa shape index (κ2) is 7.65. The number of hydrogen-bond acceptors (Lipinski definition) is 3. The lowest BCUT2D eigenvalue weighted by molar-refractivity contribution is 0.291. The van der Waals surface area contributed by atoms with Gasteiger partial charge >= 0.3 is 0 Å². The van der Waals surface area contributed by atoms with Crippen LogP contribution in [0.3, 0.4) is 0 Å². The first-order valence-corrected chi connectivity index (χ1v) is 8.69. The molecule has 3 aromatic rings. The Morgan fingerprint density at radius 1 is 1.23 bits per heavy atom. The molecule has 1 aromatic heterocycles. The maximum atomic E-state index is 14.6. The van der Waals surface area contributed by atoms with Gasteiger partial charge < -0.3 is 10.1 Å². The number of nitrogens with one attached hydrogen (secondary N) is 1. The van der Waals surface area contributed by atoms with E-state index in [9.17, 15) is 4.39 Å². The van der Waals surface area contributed by atoms with Gasteiger partial charge in [0.15, 0.2) is 11.6 Å². The molecule has 133 valence electrons. The highest BCUT2D eigenvalue weighted by molar-refractivity contribution is 6.10. The number of ether oxygens (including phenoxy) is 1. The maximum Gasteiger partial charge on any atom is 0.165 e. The molecule has 2 aromatic carbocycles. The minimum atomic E-state index is -0.453. The number of halogens is 1. The zero-order chi connectivity index (χ0) is 18.7. The number of hydrogen-bond donors (Lipinski definition) is 1. The highest BCUT2D eigenvalue weighted by Crippen LogP contribution is 2.29. The third-order valence-corrected chi connectivity index (χ3v) is 4.42. The Balaban J connectivity index is 1.99. The van der Waals surface area contributed by atoms with E-state index >= 15 is 0 Å². The zero-order valence-corrected chi connectivity index (χ0v) is 15.1. The molecule has 0 saturated carbocycles. The first-order chi connectivity index (χ1) is 12.5. The number of fused-ring (bicyclic) bond motifs is 1. The SMILES string of the molecule is [CH2][C@@H](CC)C(=N)c1cc(C)nc2cc(OCc3ccccc3)c(F)cc12. The molecule has 1 atom stereocenters. The van der Waals surface area contributed by atoms with Crippen molar-refractivity contribution >= 4 is 16.6 Å². The fourth-order valence-corrected chi connectivity index (χ4v) is 2.85. The van der Waals surface area contributed by atoms with Crippen molar-refractivity contribution in [2.45, 2.75) is 26.9 Å². The molecule has 0 spiro atoms. The molecular formula is C22H22FN2O. The summed E-state index contributed by atoms with van der Waals surface area (Å²) in [6.45, 7) is 8.15. The van der Waals surface area contributed by atoms with Gasteiger partial charge in [-0.3, -0.25) is 4.98 Å². The topological polar surface area (TPSA) is 46.0 Å². The molecule has 0 fully saturated rings. The van der Waals surface area contributed by atoms with Gasteiger partial charge in [0.05, 0.1) is 5.52 Å². The molecule has 1 heterocycles. The van der Waals surface area contributed by atoms with Crippen molar-refractivity contribution < 1.29 is 9.13 Å². The summed E-state index contributed by atoms with van der Waals surface area (Å²) in [6, 6.07) is 14.5. The summed E-state index contributed by atoms with van der Waals surface area (Å²) in [5.41, 5.74) is 3.46. The second-order valence-electron chi connectivity index (χ2n) is 6.40. The van der Waals surface area contributed by atoms with E-state index in [1.807, 2.05) is 50.2 Å². The Morgan fingerprint density at radius 2 is 1.96 bits per heavy atom. The van der Waals surface area contributed by atoms with Crippen molar-refractivity contribution in [3.05, 3.63) is 78.1 Å². The molecule has 0 aliphatic rings. The van der Waals surface area contributed by atoms with Crippen molar-refractivity contribution in [2.75, 3.05) is 0 Å². The molecule has 1 radical (unpaired) electrons. The Kier molecular flexibility index (Phi) is 5.31. The van der Waals surface area contributed by atoms with Crippen LogP contribution in [0.25, 0.3) is 10.9 Å². The van der Waals surface area contributed by atoms with E-state index in [1.165, 1.54) is 6.07 Å². The number of nitrogens with zero attached hydrogens (tertiary/aromatic N) is 1. The van der Waals surface area contributed by atoms with E-state index in [-0.39, 0.29) is 18.3 Å². The standard InChI is InChI=1S/C22H22FN2O/c1-4-14(2)22(24)18-10-15(3)25-20-12-21(19(23)11-17(18)20)26-13-16-8-6-5-7-9-16/h5-12,14,24H,2,4,13H2,1,3H3/t14-/m0/s1. The average Bonchev–Trinajstić information content (AvgIpc) is 2.65. The minimum absolute atomic E-state index is 0.142. The Bertz CT molecular complexity index is 938. The van der Waals surface area contributed by atoms with Crippen LogP contribution in [-0.4, -0.2) is 10.7 Å². The van der Waals surface area contributed by atoms with Crippen LogP contribution in [0.1, 0.15) is 30.2 Å². The van der Waals surface area contributed by atoms with Crippen molar-refractivity contribution in [1.29, 1.82) is 5.41 Å². The van der Waals surface area contributed by atoms with E-state index < -0.39 is 5.82 Å². The molecule has 0 amide bonds. The average molecular weight is 349 g/mol. The lowest BCUT2D eigenvalue weighted by atomic mass is 9.93. The molecule has 3 nitrogen and oxygen atoms in total. The molecule has 26 heavy (non-hydrogen) atoms. The first kappa shape index (κ1) is 18.1. The van der Waals surface area contributed by atoms with Crippen molar-refractivity contribution in [2.24, 2.45) is 5.92 Å². The van der Waals surface area contributed by atoms with Crippen LogP contribution in [0.15, 0.2) is 48.5 Å². The van der Waals surface area contributed by atoms with E-state index in [4.69, 9.17) is 10.1 Å². The molecule has 0 unspecified atom stereocenters. The van der Waals surface area contributed by atoms with Crippen LogP contribution in [0.2, 0.25) is 0 Å². The van der Waals surface area contributed by atoms with E-state index in [1.54, 1.807) is 6.07 Å². The van der Waals surface area contributed by atoms with Gasteiger partial charge in [-0.05, 0) is 38.0 Å². The van der Waals surface area contributed by atoms with Gasteiger partial charge in [0.2, 0.25) is 0 Å². The number of benzene rings is 2. The van der Waals surface area contributed by atoms with E-state index in [0.717, 1.165) is 17.7 Å². The van der Waals surface area contributed by atoms with Crippen LogP contribution in [0.5, 0.6) is 5.75 Å². The van der Waals surface area contributed by atoms with Gasteiger partial charge in [-0.25, -0.2) is 4.39 Å². The Hall–Kier alpha value is -2.75. The van der Waals surface area contributed by atoms with Gasteiger partial charge in [-0.15, -0.1) is 0 Å². The minimum Gasteiger partial charge on any atom is -0.486 e. The molecule has 0 aliphatic heterocycles. The lowest BCUT2D eigenvalue weighted by Crippen LogP contribution is -2.12. The molecule has 0 saturated heterocycles. The predicted molar refractivity (Wildman–Crippen MR) is 103 cm³/mol. The van der Waals surface area contributed by atoms with Crippen LogP contribution in [0, 0.1) is 31.0 Å². The van der Waals surface area contributed by atoms with Gasteiger partial charge in [-0.2, -0.15) is 0 Å². The highest BCUT2D eigenvalue weighted by atomic mass is 19.1. The summed E-state index contributed by atoms with van der Waals surface area (Å²) in [6.07, 6.45) is 0.752. The van der Waals surface area contributed by atoms with Gasteiger partial charge in [0.1, 0.15) is 6.61 Å². The van der Waals surface area contributed by atoms with Gasteiger partial charge in [-0.1, -0.05) is 37.3 Å². The maximum absolute atomic E-state index is 14.6.